The fourth-order valence-corrected chi connectivity index (χ4v) is 4.85. The molecule has 0 saturated heterocycles. The molecule has 2 fully saturated rings. The van der Waals surface area contributed by atoms with E-state index in [1.807, 2.05) is 0 Å². The molecule has 26 heavy (non-hydrogen) atoms. The summed E-state index contributed by atoms with van der Waals surface area (Å²) in [5.41, 5.74) is 0.609. The second-order valence-electron chi connectivity index (χ2n) is 8.36. The molecule has 0 amide bonds. The van der Waals surface area contributed by atoms with E-state index in [1.165, 1.54) is 50.7 Å². The third kappa shape index (κ3) is 4.92. The number of benzene rings is 1. The molecule has 0 radical (unpaired) electrons. The molecule has 0 N–H and O–H groups in total. The summed E-state index contributed by atoms with van der Waals surface area (Å²) >= 11 is 0. The van der Waals surface area contributed by atoms with Gasteiger partial charge in [-0.1, -0.05) is 31.9 Å². The molecule has 2 aliphatic rings. The standard InChI is InChI=1S/C23H31F3/c1-2-3-16-4-6-17(7-5-16)8-9-18-10-12-19(13-11-18)20-14-21(24)23(26)22(25)15-20/h8-9,14-19H,2-7,10-13H2,1H3. The highest BCUT2D eigenvalue weighted by Gasteiger charge is 2.24. The Hall–Kier alpha value is -1.25. The van der Waals surface area contributed by atoms with Crippen LogP contribution in [0, 0.1) is 35.2 Å². The summed E-state index contributed by atoms with van der Waals surface area (Å²) in [4.78, 5) is 0. The molecule has 0 aromatic heterocycles. The highest BCUT2D eigenvalue weighted by molar-refractivity contribution is 5.23. The highest BCUT2D eigenvalue weighted by atomic mass is 19.2. The van der Waals surface area contributed by atoms with Crippen molar-refractivity contribution < 1.29 is 13.2 Å². The van der Waals surface area contributed by atoms with Crippen molar-refractivity contribution in [2.75, 3.05) is 0 Å². The van der Waals surface area contributed by atoms with Crippen LogP contribution in [0.3, 0.4) is 0 Å². The van der Waals surface area contributed by atoms with Gasteiger partial charge in [0.05, 0.1) is 0 Å². The van der Waals surface area contributed by atoms with Gasteiger partial charge in [0.2, 0.25) is 0 Å². The second-order valence-corrected chi connectivity index (χ2v) is 8.36. The summed E-state index contributed by atoms with van der Waals surface area (Å²) in [6.45, 7) is 2.27. The molecule has 3 rings (SSSR count). The lowest BCUT2D eigenvalue weighted by molar-refractivity contribution is 0.292. The van der Waals surface area contributed by atoms with Gasteiger partial charge in [-0.25, -0.2) is 13.2 Å². The summed E-state index contributed by atoms with van der Waals surface area (Å²) in [6, 6.07) is 2.35. The summed E-state index contributed by atoms with van der Waals surface area (Å²) in [7, 11) is 0. The first-order chi connectivity index (χ1) is 12.6. The Bertz CT molecular complexity index is 583. The highest BCUT2D eigenvalue weighted by Crippen LogP contribution is 2.38. The first kappa shape index (κ1) is 19.5. The Kier molecular flexibility index (Phi) is 6.83. The number of halogens is 3. The van der Waals surface area contributed by atoms with E-state index in [0.717, 1.165) is 37.5 Å². The first-order valence-electron chi connectivity index (χ1n) is 10.4. The molecule has 0 unspecified atom stereocenters. The Morgan fingerprint density at radius 3 is 1.81 bits per heavy atom. The molecule has 0 spiro atoms. The fraction of sp³-hybridized carbons (Fsp3) is 0.652. The molecule has 2 saturated carbocycles. The second kappa shape index (κ2) is 9.10. The van der Waals surface area contributed by atoms with Crippen molar-refractivity contribution in [2.45, 2.75) is 77.0 Å². The van der Waals surface area contributed by atoms with Gasteiger partial charge in [0.15, 0.2) is 17.5 Å². The van der Waals surface area contributed by atoms with Crippen LogP contribution in [0.2, 0.25) is 0 Å². The number of allylic oxidation sites excluding steroid dienone is 2. The van der Waals surface area contributed by atoms with Crippen molar-refractivity contribution in [3.05, 3.63) is 47.3 Å². The zero-order valence-corrected chi connectivity index (χ0v) is 15.8. The molecule has 1 aromatic rings. The Morgan fingerprint density at radius 1 is 0.808 bits per heavy atom. The largest absolute Gasteiger partial charge is 0.204 e. The lowest BCUT2D eigenvalue weighted by Crippen LogP contribution is -2.15. The summed E-state index contributed by atoms with van der Waals surface area (Å²) in [5, 5.41) is 0. The van der Waals surface area contributed by atoms with E-state index in [4.69, 9.17) is 0 Å². The van der Waals surface area contributed by atoms with Crippen LogP contribution < -0.4 is 0 Å². The van der Waals surface area contributed by atoms with Gasteiger partial charge in [0, 0.05) is 0 Å². The lowest BCUT2D eigenvalue weighted by Gasteiger charge is -2.29. The maximum absolute atomic E-state index is 13.4. The molecule has 1 aromatic carbocycles. The minimum absolute atomic E-state index is 0.147. The van der Waals surface area contributed by atoms with Crippen LogP contribution in [0.4, 0.5) is 13.2 Å². The van der Waals surface area contributed by atoms with Gasteiger partial charge in [0.1, 0.15) is 0 Å². The molecule has 0 bridgehead atoms. The average Bonchev–Trinajstić information content (AvgIpc) is 2.66. The summed E-state index contributed by atoms with van der Waals surface area (Å²) < 4.78 is 40.0. The van der Waals surface area contributed by atoms with E-state index in [0.29, 0.717) is 11.5 Å². The number of hydrogen-bond acceptors (Lipinski definition) is 0. The van der Waals surface area contributed by atoms with Gasteiger partial charge in [0.25, 0.3) is 0 Å². The third-order valence-electron chi connectivity index (χ3n) is 6.49. The average molecular weight is 364 g/mol. The zero-order chi connectivity index (χ0) is 18.5. The first-order valence-corrected chi connectivity index (χ1v) is 10.4. The molecule has 0 aliphatic heterocycles. The molecular formula is C23H31F3. The minimum Gasteiger partial charge on any atom is -0.204 e. The van der Waals surface area contributed by atoms with E-state index in [1.54, 1.807) is 0 Å². The molecular weight excluding hydrogens is 333 g/mol. The smallest absolute Gasteiger partial charge is 0.194 e. The van der Waals surface area contributed by atoms with Crippen LogP contribution in [0.15, 0.2) is 24.3 Å². The fourth-order valence-electron chi connectivity index (χ4n) is 4.85. The van der Waals surface area contributed by atoms with Crippen LogP contribution in [0.25, 0.3) is 0 Å². The van der Waals surface area contributed by atoms with Crippen molar-refractivity contribution in [1.29, 1.82) is 0 Å². The predicted octanol–water partition coefficient (Wildman–Crippen LogP) is 7.54. The summed E-state index contributed by atoms with van der Waals surface area (Å²) in [5.74, 6) is -1.10. The Labute approximate surface area is 155 Å². The van der Waals surface area contributed by atoms with Crippen LogP contribution in [0.5, 0.6) is 0 Å². The van der Waals surface area contributed by atoms with Crippen LogP contribution >= 0.6 is 0 Å². The van der Waals surface area contributed by atoms with E-state index in [9.17, 15) is 13.2 Å². The van der Waals surface area contributed by atoms with Gasteiger partial charge >= 0.3 is 0 Å². The van der Waals surface area contributed by atoms with Crippen molar-refractivity contribution in [2.24, 2.45) is 17.8 Å². The van der Waals surface area contributed by atoms with Crippen LogP contribution in [-0.2, 0) is 0 Å². The van der Waals surface area contributed by atoms with Crippen molar-refractivity contribution >= 4 is 0 Å². The number of rotatable bonds is 5. The summed E-state index contributed by atoms with van der Waals surface area (Å²) in [6.07, 6.45) is 16.8. The van der Waals surface area contributed by atoms with E-state index < -0.39 is 17.5 Å². The Morgan fingerprint density at radius 2 is 1.31 bits per heavy atom. The van der Waals surface area contributed by atoms with Crippen molar-refractivity contribution in [3.63, 3.8) is 0 Å². The Balaban J connectivity index is 1.47. The SMILES string of the molecule is CCCC1CCC(C=CC2CCC(c3cc(F)c(F)c(F)c3)CC2)CC1. The molecule has 144 valence electrons. The van der Waals surface area contributed by atoms with Gasteiger partial charge < -0.3 is 0 Å². The number of hydrogen-bond donors (Lipinski definition) is 0. The van der Waals surface area contributed by atoms with Gasteiger partial charge in [-0.3, -0.25) is 0 Å². The third-order valence-corrected chi connectivity index (χ3v) is 6.49. The molecule has 2 aliphatic carbocycles. The maximum Gasteiger partial charge on any atom is 0.194 e. The maximum atomic E-state index is 13.4. The quantitative estimate of drug-likeness (QED) is 0.374. The van der Waals surface area contributed by atoms with Gasteiger partial charge in [-0.05, 0) is 92.7 Å². The van der Waals surface area contributed by atoms with E-state index in [-0.39, 0.29) is 5.92 Å². The molecule has 0 heterocycles. The monoisotopic (exact) mass is 364 g/mol. The van der Waals surface area contributed by atoms with E-state index in [2.05, 4.69) is 19.1 Å². The minimum atomic E-state index is -1.36. The normalized spacial score (nSPS) is 30.0. The van der Waals surface area contributed by atoms with Crippen molar-refractivity contribution in [1.82, 2.24) is 0 Å². The van der Waals surface area contributed by atoms with Crippen molar-refractivity contribution in [3.8, 4) is 0 Å². The van der Waals surface area contributed by atoms with Crippen LogP contribution in [-0.4, -0.2) is 0 Å². The topological polar surface area (TPSA) is 0 Å². The van der Waals surface area contributed by atoms with Crippen LogP contribution in [0.1, 0.15) is 82.6 Å². The molecule has 0 atom stereocenters. The van der Waals surface area contributed by atoms with Gasteiger partial charge in [-0.2, -0.15) is 0 Å². The predicted molar refractivity (Wildman–Crippen MR) is 101 cm³/mol. The zero-order valence-electron chi connectivity index (χ0n) is 15.8. The lowest BCUT2D eigenvalue weighted by atomic mass is 9.77. The van der Waals surface area contributed by atoms with E-state index >= 15 is 0 Å². The molecule has 3 heteroatoms. The molecule has 0 nitrogen and oxygen atoms in total. The van der Waals surface area contributed by atoms with Gasteiger partial charge in [-0.15, -0.1) is 0 Å².